The van der Waals surface area contributed by atoms with Crippen LogP contribution in [-0.4, -0.2) is 36.9 Å². The van der Waals surface area contributed by atoms with E-state index in [1.165, 1.54) is 21.5 Å². The molecule has 0 radical (unpaired) electrons. The SMILES string of the molecule is Cc1cc(C(F)F)nn1CC(=O)NCCn1nc([N+](=O)[O-])cc1C. The summed E-state index contributed by atoms with van der Waals surface area (Å²) in [6, 6.07) is 2.56. The molecular weight excluding hydrogens is 326 g/mol. The van der Waals surface area contributed by atoms with Crippen LogP contribution in [0.25, 0.3) is 0 Å². The zero-order valence-corrected chi connectivity index (χ0v) is 13.1. The minimum Gasteiger partial charge on any atom is -0.358 e. The standard InChI is InChI=1S/C13H16F2N6O3/c1-8-5-10(13(14)15)17-20(8)7-12(22)16-3-4-19-9(2)6-11(18-19)21(23)24/h5-6,13H,3-4,7H2,1-2H3,(H,16,22). The van der Waals surface area contributed by atoms with Gasteiger partial charge in [-0.05, 0) is 24.8 Å². The minimum absolute atomic E-state index is 0.184. The highest BCUT2D eigenvalue weighted by Crippen LogP contribution is 2.17. The Kier molecular flexibility index (Phi) is 5.21. The summed E-state index contributed by atoms with van der Waals surface area (Å²) in [5.41, 5.74) is 0.680. The fourth-order valence-electron chi connectivity index (χ4n) is 2.10. The highest BCUT2D eigenvalue weighted by Gasteiger charge is 2.16. The van der Waals surface area contributed by atoms with E-state index in [1.807, 2.05) is 0 Å². The second kappa shape index (κ2) is 7.15. The first-order chi connectivity index (χ1) is 11.3. The molecule has 0 aliphatic carbocycles. The van der Waals surface area contributed by atoms with Gasteiger partial charge in [-0.15, -0.1) is 0 Å². The Hall–Kier alpha value is -2.85. The number of hydrogen-bond acceptors (Lipinski definition) is 5. The van der Waals surface area contributed by atoms with E-state index in [-0.39, 0.29) is 31.1 Å². The topological polar surface area (TPSA) is 108 Å². The predicted molar refractivity (Wildman–Crippen MR) is 78.5 cm³/mol. The number of halogens is 2. The molecule has 1 amide bonds. The minimum atomic E-state index is -2.69. The monoisotopic (exact) mass is 342 g/mol. The number of aromatic nitrogens is 4. The Morgan fingerprint density at radius 3 is 2.50 bits per heavy atom. The molecule has 1 N–H and O–H groups in total. The van der Waals surface area contributed by atoms with Gasteiger partial charge < -0.3 is 15.4 Å². The van der Waals surface area contributed by atoms with Gasteiger partial charge in [0.05, 0.1) is 23.4 Å². The third-order valence-electron chi connectivity index (χ3n) is 3.32. The number of nitrogens with zero attached hydrogens (tertiary/aromatic N) is 5. The number of aryl methyl sites for hydroxylation is 2. The number of carbonyl (C=O) groups excluding carboxylic acids is 1. The van der Waals surface area contributed by atoms with Gasteiger partial charge in [0.2, 0.25) is 5.91 Å². The van der Waals surface area contributed by atoms with Gasteiger partial charge in [0.15, 0.2) is 0 Å². The predicted octanol–water partition coefficient (Wildman–Crippen LogP) is 1.36. The summed E-state index contributed by atoms with van der Waals surface area (Å²) >= 11 is 0. The van der Waals surface area contributed by atoms with Gasteiger partial charge in [0.25, 0.3) is 6.43 Å². The number of hydrogen-bond donors (Lipinski definition) is 1. The molecule has 0 aromatic carbocycles. The normalized spacial score (nSPS) is 11.0. The molecule has 2 aromatic heterocycles. The molecule has 2 rings (SSSR count). The van der Waals surface area contributed by atoms with Gasteiger partial charge in [-0.25, -0.2) is 8.78 Å². The largest absolute Gasteiger partial charge is 0.390 e. The molecule has 0 bridgehead atoms. The molecule has 0 fully saturated rings. The van der Waals surface area contributed by atoms with E-state index >= 15 is 0 Å². The van der Waals surface area contributed by atoms with Crippen LogP contribution in [0.3, 0.4) is 0 Å². The summed E-state index contributed by atoms with van der Waals surface area (Å²) in [4.78, 5) is 21.9. The average molecular weight is 342 g/mol. The van der Waals surface area contributed by atoms with Crippen LogP contribution in [0, 0.1) is 24.0 Å². The first-order valence-electron chi connectivity index (χ1n) is 7.06. The first-order valence-corrected chi connectivity index (χ1v) is 7.06. The van der Waals surface area contributed by atoms with Crippen molar-refractivity contribution < 1.29 is 18.5 Å². The summed E-state index contributed by atoms with van der Waals surface area (Å²) in [5.74, 6) is -0.660. The Balaban J connectivity index is 1.86. The Morgan fingerprint density at radius 1 is 1.29 bits per heavy atom. The van der Waals surface area contributed by atoms with E-state index in [0.29, 0.717) is 11.4 Å². The quantitative estimate of drug-likeness (QED) is 0.604. The fraction of sp³-hybridized carbons (Fsp3) is 0.462. The van der Waals surface area contributed by atoms with Gasteiger partial charge in [0, 0.05) is 12.2 Å². The third-order valence-corrected chi connectivity index (χ3v) is 3.32. The summed E-state index contributed by atoms with van der Waals surface area (Å²) in [6.45, 7) is 3.52. The molecule has 24 heavy (non-hydrogen) atoms. The van der Waals surface area contributed by atoms with Gasteiger partial charge >= 0.3 is 5.82 Å². The molecule has 0 saturated carbocycles. The molecule has 0 atom stereocenters. The maximum absolute atomic E-state index is 12.6. The van der Waals surface area contributed by atoms with Crippen LogP contribution in [0.15, 0.2) is 12.1 Å². The van der Waals surface area contributed by atoms with Crippen molar-refractivity contribution in [2.75, 3.05) is 6.54 Å². The van der Waals surface area contributed by atoms with Crippen LogP contribution in [0.5, 0.6) is 0 Å². The van der Waals surface area contributed by atoms with Gasteiger partial charge in [-0.1, -0.05) is 0 Å². The first kappa shape index (κ1) is 17.5. The van der Waals surface area contributed by atoms with E-state index in [9.17, 15) is 23.7 Å². The summed E-state index contributed by atoms with van der Waals surface area (Å²) < 4.78 is 27.7. The van der Waals surface area contributed by atoms with E-state index in [4.69, 9.17) is 0 Å². The molecule has 0 aliphatic heterocycles. The zero-order chi connectivity index (χ0) is 17.9. The Morgan fingerprint density at radius 2 is 1.96 bits per heavy atom. The number of carbonyl (C=O) groups is 1. The molecule has 2 aromatic rings. The average Bonchev–Trinajstić information content (AvgIpc) is 3.03. The lowest BCUT2D eigenvalue weighted by atomic mass is 10.4. The number of amides is 1. The molecule has 11 heteroatoms. The smallest absolute Gasteiger partial charge is 0.358 e. The van der Waals surface area contributed by atoms with E-state index < -0.39 is 17.3 Å². The van der Waals surface area contributed by atoms with Gasteiger partial charge in [-0.2, -0.15) is 9.78 Å². The molecule has 0 saturated heterocycles. The lowest BCUT2D eigenvalue weighted by Crippen LogP contribution is -2.31. The fourth-order valence-corrected chi connectivity index (χ4v) is 2.10. The molecule has 0 unspecified atom stereocenters. The van der Waals surface area contributed by atoms with E-state index in [2.05, 4.69) is 15.5 Å². The highest BCUT2D eigenvalue weighted by molar-refractivity contribution is 5.75. The summed E-state index contributed by atoms with van der Waals surface area (Å²) in [6.07, 6.45) is -2.69. The van der Waals surface area contributed by atoms with Crippen LogP contribution in [0.1, 0.15) is 23.5 Å². The van der Waals surface area contributed by atoms with Crippen LogP contribution in [-0.2, 0) is 17.9 Å². The van der Waals surface area contributed by atoms with E-state index in [0.717, 1.165) is 0 Å². The molecule has 9 nitrogen and oxygen atoms in total. The second-order valence-electron chi connectivity index (χ2n) is 5.14. The van der Waals surface area contributed by atoms with Crippen LogP contribution in [0.2, 0.25) is 0 Å². The third kappa shape index (κ3) is 4.12. The summed E-state index contributed by atoms with van der Waals surface area (Å²) in [5, 5.41) is 20.7. The molecule has 130 valence electrons. The van der Waals surface area contributed by atoms with Crippen LogP contribution >= 0.6 is 0 Å². The van der Waals surface area contributed by atoms with Crippen molar-refractivity contribution in [3.05, 3.63) is 39.3 Å². The maximum Gasteiger partial charge on any atom is 0.390 e. The Labute approximate surface area is 135 Å². The van der Waals surface area contributed by atoms with Crippen LogP contribution < -0.4 is 5.32 Å². The second-order valence-corrected chi connectivity index (χ2v) is 5.14. The molecule has 0 spiro atoms. The zero-order valence-electron chi connectivity index (χ0n) is 13.1. The van der Waals surface area contributed by atoms with Gasteiger partial charge in [-0.3, -0.25) is 9.48 Å². The van der Waals surface area contributed by atoms with Crippen molar-refractivity contribution in [1.82, 2.24) is 24.9 Å². The molecule has 2 heterocycles. The number of nitro groups is 1. The Bertz CT molecular complexity index is 755. The maximum atomic E-state index is 12.6. The van der Waals surface area contributed by atoms with Crippen molar-refractivity contribution in [3.63, 3.8) is 0 Å². The van der Waals surface area contributed by atoms with Crippen molar-refractivity contribution >= 4 is 11.7 Å². The number of nitrogens with one attached hydrogen (secondary N) is 1. The molecular formula is C13H16F2N6O3. The van der Waals surface area contributed by atoms with Crippen molar-refractivity contribution in [2.45, 2.75) is 33.4 Å². The number of rotatable bonds is 7. The summed E-state index contributed by atoms with van der Waals surface area (Å²) in [7, 11) is 0. The van der Waals surface area contributed by atoms with Gasteiger partial charge in [0.1, 0.15) is 12.2 Å². The van der Waals surface area contributed by atoms with E-state index in [1.54, 1.807) is 13.8 Å². The lowest BCUT2D eigenvalue weighted by molar-refractivity contribution is -0.389. The molecule has 0 aliphatic rings. The lowest BCUT2D eigenvalue weighted by Gasteiger charge is -2.06. The number of alkyl halides is 2. The van der Waals surface area contributed by atoms with Crippen molar-refractivity contribution in [3.8, 4) is 0 Å². The van der Waals surface area contributed by atoms with Crippen molar-refractivity contribution in [1.29, 1.82) is 0 Å². The highest BCUT2D eigenvalue weighted by atomic mass is 19.3. The van der Waals surface area contributed by atoms with Crippen LogP contribution in [0.4, 0.5) is 14.6 Å². The van der Waals surface area contributed by atoms with Crippen molar-refractivity contribution in [2.24, 2.45) is 0 Å².